The molecule has 0 radical (unpaired) electrons. The summed E-state index contributed by atoms with van der Waals surface area (Å²) in [6, 6.07) is 0. The number of carbonyl (C=O) groups excluding carboxylic acids is 6. The standard InChI is InChI=1S/C30H46O12/c1-8-13-37-25(31)17-23(20(6)27(33)39-15-10-3)29(35)41-19-22(12-5)42-30(36)24(18-26(32)38-14-9-2)21(7)28(34)40-16-11-4/h22-24H,6-19H2,1-5H3. The van der Waals surface area contributed by atoms with Gasteiger partial charge in [0.2, 0.25) is 0 Å². The second-order valence-electron chi connectivity index (χ2n) is 9.37. The molecule has 0 saturated heterocycles. The van der Waals surface area contributed by atoms with Crippen LogP contribution in [0.3, 0.4) is 0 Å². The van der Waals surface area contributed by atoms with Gasteiger partial charge in [0, 0.05) is 11.1 Å². The Morgan fingerprint density at radius 2 is 0.929 bits per heavy atom. The number of carbonyl (C=O) groups is 6. The summed E-state index contributed by atoms with van der Waals surface area (Å²) in [5.74, 6) is -7.87. The lowest BCUT2D eigenvalue weighted by atomic mass is 9.96. The lowest BCUT2D eigenvalue weighted by molar-refractivity contribution is -0.166. The van der Waals surface area contributed by atoms with Crippen LogP contribution in [0.5, 0.6) is 0 Å². The molecular weight excluding hydrogens is 552 g/mol. The van der Waals surface area contributed by atoms with E-state index in [0.29, 0.717) is 25.7 Å². The Hall–Kier alpha value is -3.70. The van der Waals surface area contributed by atoms with Gasteiger partial charge in [-0.2, -0.15) is 0 Å². The van der Waals surface area contributed by atoms with Crippen LogP contribution in [0.25, 0.3) is 0 Å². The van der Waals surface area contributed by atoms with Crippen LogP contribution >= 0.6 is 0 Å². The zero-order chi connectivity index (χ0) is 32.1. The van der Waals surface area contributed by atoms with Crippen molar-refractivity contribution in [2.45, 2.75) is 85.7 Å². The first-order chi connectivity index (χ1) is 20.0. The Bertz CT molecular complexity index is 939. The lowest BCUT2D eigenvalue weighted by Gasteiger charge is -2.23. The van der Waals surface area contributed by atoms with Crippen LogP contribution < -0.4 is 0 Å². The number of esters is 6. The van der Waals surface area contributed by atoms with Crippen LogP contribution in [0.4, 0.5) is 0 Å². The van der Waals surface area contributed by atoms with E-state index in [1.807, 2.05) is 0 Å². The van der Waals surface area contributed by atoms with Crippen molar-refractivity contribution in [2.24, 2.45) is 11.8 Å². The first-order valence-corrected chi connectivity index (χ1v) is 14.4. The third-order valence-corrected chi connectivity index (χ3v) is 5.63. The molecule has 0 bridgehead atoms. The van der Waals surface area contributed by atoms with Crippen molar-refractivity contribution in [3.8, 4) is 0 Å². The Morgan fingerprint density at radius 1 is 0.548 bits per heavy atom. The van der Waals surface area contributed by atoms with E-state index in [-0.39, 0.29) is 44.0 Å². The quantitative estimate of drug-likeness (QED) is 0.101. The third-order valence-electron chi connectivity index (χ3n) is 5.63. The van der Waals surface area contributed by atoms with Crippen molar-refractivity contribution in [3.05, 3.63) is 24.3 Å². The lowest BCUT2D eigenvalue weighted by Crippen LogP contribution is -2.34. The van der Waals surface area contributed by atoms with Gasteiger partial charge in [-0.1, -0.05) is 47.8 Å². The molecule has 0 amide bonds. The summed E-state index contributed by atoms with van der Waals surface area (Å²) in [6.45, 7) is 16.1. The average Bonchev–Trinajstić information content (AvgIpc) is 2.98. The average molecular weight is 599 g/mol. The molecule has 0 aromatic heterocycles. The summed E-state index contributed by atoms with van der Waals surface area (Å²) in [5.41, 5.74) is -0.555. The number of hydrogen-bond donors (Lipinski definition) is 0. The van der Waals surface area contributed by atoms with Crippen molar-refractivity contribution in [1.29, 1.82) is 0 Å². The molecule has 0 aromatic carbocycles. The molecule has 0 spiro atoms. The minimum atomic E-state index is -1.39. The van der Waals surface area contributed by atoms with E-state index in [0.717, 1.165) is 0 Å². The summed E-state index contributed by atoms with van der Waals surface area (Å²) in [4.78, 5) is 75.3. The first kappa shape index (κ1) is 38.3. The van der Waals surface area contributed by atoms with E-state index in [1.165, 1.54) is 0 Å². The molecular formula is C30H46O12. The predicted octanol–water partition coefficient (Wildman–Crippen LogP) is 3.79. The van der Waals surface area contributed by atoms with Gasteiger partial charge in [0.25, 0.3) is 0 Å². The smallest absolute Gasteiger partial charge is 0.334 e. The van der Waals surface area contributed by atoms with Crippen LogP contribution in [0, 0.1) is 11.8 Å². The molecule has 3 unspecified atom stereocenters. The normalized spacial score (nSPS) is 12.6. The van der Waals surface area contributed by atoms with Gasteiger partial charge >= 0.3 is 35.8 Å². The molecule has 238 valence electrons. The molecule has 0 heterocycles. The van der Waals surface area contributed by atoms with Crippen LogP contribution in [0.2, 0.25) is 0 Å². The molecule has 42 heavy (non-hydrogen) atoms. The van der Waals surface area contributed by atoms with Gasteiger partial charge in [0.15, 0.2) is 0 Å². The summed E-state index contributed by atoms with van der Waals surface area (Å²) in [7, 11) is 0. The topological polar surface area (TPSA) is 158 Å². The van der Waals surface area contributed by atoms with Gasteiger partial charge < -0.3 is 28.4 Å². The fourth-order valence-electron chi connectivity index (χ4n) is 3.20. The highest BCUT2D eigenvalue weighted by molar-refractivity contribution is 5.97. The molecule has 12 heteroatoms. The maximum absolute atomic E-state index is 13.1. The van der Waals surface area contributed by atoms with Crippen molar-refractivity contribution >= 4 is 35.8 Å². The highest BCUT2D eigenvalue weighted by Gasteiger charge is 2.35. The van der Waals surface area contributed by atoms with Crippen molar-refractivity contribution in [3.63, 3.8) is 0 Å². The predicted molar refractivity (Wildman–Crippen MR) is 151 cm³/mol. The molecule has 0 fully saturated rings. The SMILES string of the molecule is C=C(C(=O)OCCC)C(CC(=O)OCCC)C(=O)OCC(CC)OC(=O)C(CC(=O)OCCC)C(=C)C(=O)OCCC. The Balaban J connectivity index is 5.64. The highest BCUT2D eigenvalue weighted by Crippen LogP contribution is 2.22. The minimum Gasteiger partial charge on any atom is -0.466 e. The Labute approximate surface area is 248 Å². The van der Waals surface area contributed by atoms with Crippen LogP contribution in [-0.2, 0) is 57.2 Å². The van der Waals surface area contributed by atoms with E-state index in [1.54, 1.807) is 34.6 Å². The largest absolute Gasteiger partial charge is 0.466 e. The van der Waals surface area contributed by atoms with Crippen LogP contribution in [0.1, 0.15) is 79.6 Å². The first-order valence-electron chi connectivity index (χ1n) is 14.4. The zero-order valence-corrected chi connectivity index (χ0v) is 25.5. The Kier molecular flexibility index (Phi) is 20.0. The summed E-state index contributed by atoms with van der Waals surface area (Å²) >= 11 is 0. The second-order valence-corrected chi connectivity index (χ2v) is 9.37. The van der Waals surface area contributed by atoms with Crippen LogP contribution in [0.15, 0.2) is 24.3 Å². The van der Waals surface area contributed by atoms with E-state index in [9.17, 15) is 28.8 Å². The van der Waals surface area contributed by atoms with Gasteiger partial charge in [-0.25, -0.2) is 9.59 Å². The van der Waals surface area contributed by atoms with Gasteiger partial charge in [0.1, 0.15) is 12.7 Å². The van der Waals surface area contributed by atoms with E-state index in [4.69, 9.17) is 28.4 Å². The number of hydrogen-bond acceptors (Lipinski definition) is 12. The zero-order valence-electron chi connectivity index (χ0n) is 25.5. The van der Waals surface area contributed by atoms with Crippen LogP contribution in [-0.4, -0.2) is 75.0 Å². The molecule has 0 saturated carbocycles. The van der Waals surface area contributed by atoms with Gasteiger partial charge in [-0.15, -0.1) is 0 Å². The van der Waals surface area contributed by atoms with Crippen molar-refractivity contribution in [1.82, 2.24) is 0 Å². The minimum absolute atomic E-state index is 0.0951. The summed E-state index contributed by atoms with van der Waals surface area (Å²) < 4.78 is 31.0. The molecule has 3 atom stereocenters. The van der Waals surface area contributed by atoms with E-state index < -0.39 is 73.2 Å². The maximum atomic E-state index is 13.1. The number of rotatable bonds is 22. The maximum Gasteiger partial charge on any atom is 0.334 e. The summed E-state index contributed by atoms with van der Waals surface area (Å²) in [6.07, 6.45) is 0.373. The fraction of sp³-hybridized carbons (Fsp3) is 0.667. The second kappa shape index (κ2) is 22.0. The third kappa shape index (κ3) is 14.8. The van der Waals surface area contributed by atoms with Gasteiger partial charge in [-0.05, 0) is 32.1 Å². The molecule has 0 rings (SSSR count). The van der Waals surface area contributed by atoms with Crippen molar-refractivity contribution < 1.29 is 57.2 Å². The molecule has 0 aliphatic rings. The monoisotopic (exact) mass is 598 g/mol. The number of ether oxygens (including phenoxy) is 6. The van der Waals surface area contributed by atoms with Gasteiger partial charge in [0.05, 0.1) is 51.1 Å². The van der Waals surface area contributed by atoms with E-state index >= 15 is 0 Å². The van der Waals surface area contributed by atoms with E-state index in [2.05, 4.69) is 13.2 Å². The molecule has 0 aliphatic carbocycles. The van der Waals surface area contributed by atoms with Gasteiger partial charge in [-0.3, -0.25) is 19.2 Å². The highest BCUT2D eigenvalue weighted by atomic mass is 16.6. The van der Waals surface area contributed by atoms with Crippen molar-refractivity contribution in [2.75, 3.05) is 33.0 Å². The molecule has 0 aromatic rings. The summed E-state index contributed by atoms with van der Waals surface area (Å²) in [5, 5.41) is 0. The molecule has 12 nitrogen and oxygen atoms in total. The Morgan fingerprint density at radius 3 is 1.31 bits per heavy atom. The molecule has 0 aliphatic heterocycles. The molecule has 0 N–H and O–H groups in total. The fourth-order valence-corrected chi connectivity index (χ4v) is 3.20.